The van der Waals surface area contributed by atoms with Crippen molar-refractivity contribution < 1.29 is 21.9 Å². The van der Waals surface area contributed by atoms with Crippen molar-refractivity contribution in [3.8, 4) is 0 Å². The Morgan fingerprint density at radius 1 is 1.33 bits per heavy atom. The average Bonchev–Trinajstić information content (AvgIpc) is 2.73. The van der Waals surface area contributed by atoms with Crippen molar-refractivity contribution in [3.63, 3.8) is 0 Å². The van der Waals surface area contributed by atoms with Crippen molar-refractivity contribution in [2.24, 2.45) is 0 Å². The van der Waals surface area contributed by atoms with Crippen LogP contribution >= 0.6 is 0 Å². The topological polar surface area (TPSA) is 108 Å². The van der Waals surface area contributed by atoms with Gasteiger partial charge in [0.15, 0.2) is 0 Å². The molecule has 7 nitrogen and oxygen atoms in total. The van der Waals surface area contributed by atoms with Gasteiger partial charge in [0.25, 0.3) is 0 Å². The van der Waals surface area contributed by atoms with Crippen LogP contribution in [0, 0.1) is 0 Å². The Bertz CT molecular complexity index is 603. The van der Waals surface area contributed by atoms with Crippen molar-refractivity contribution in [1.82, 2.24) is 9.29 Å². The van der Waals surface area contributed by atoms with Gasteiger partial charge in [0.1, 0.15) is 9.84 Å². The molecule has 0 spiro atoms. The van der Waals surface area contributed by atoms with E-state index in [0.717, 1.165) is 10.6 Å². The number of aromatic nitrogens is 1. The Morgan fingerprint density at radius 3 is 2.39 bits per heavy atom. The Labute approximate surface area is 106 Å². The van der Waals surface area contributed by atoms with Crippen molar-refractivity contribution in [2.75, 3.05) is 25.6 Å². The number of sulfonamides is 1. The normalized spacial score (nSPS) is 13.1. The molecule has 0 bridgehead atoms. The van der Waals surface area contributed by atoms with Crippen LogP contribution in [-0.2, 0) is 26.5 Å². The summed E-state index contributed by atoms with van der Waals surface area (Å²) in [4.78, 5) is 2.62. The summed E-state index contributed by atoms with van der Waals surface area (Å²) in [5.41, 5.74) is 0.380. The van der Waals surface area contributed by atoms with Gasteiger partial charge < -0.3 is 10.1 Å². The summed E-state index contributed by atoms with van der Waals surface area (Å²) in [6, 6.07) is 1.31. The summed E-state index contributed by atoms with van der Waals surface area (Å²) in [6.45, 7) is -0.399. The lowest BCUT2D eigenvalue weighted by Gasteiger charge is -2.15. The zero-order valence-corrected chi connectivity index (χ0v) is 11.8. The number of rotatable bonds is 6. The third-order valence-electron chi connectivity index (χ3n) is 2.37. The smallest absolute Gasteiger partial charge is 0.244 e. The number of aromatic amines is 1. The van der Waals surface area contributed by atoms with Crippen LogP contribution in [0.4, 0.5) is 0 Å². The van der Waals surface area contributed by atoms with Crippen LogP contribution in [-0.4, -0.2) is 56.8 Å². The molecule has 0 amide bonds. The zero-order chi connectivity index (χ0) is 14.0. The van der Waals surface area contributed by atoms with Crippen molar-refractivity contribution >= 4 is 19.9 Å². The van der Waals surface area contributed by atoms with E-state index in [1.165, 1.54) is 19.3 Å². The third-order valence-corrected chi connectivity index (χ3v) is 5.13. The van der Waals surface area contributed by atoms with E-state index in [9.17, 15) is 16.8 Å². The minimum absolute atomic E-state index is 0.00236. The minimum atomic E-state index is -3.72. The third kappa shape index (κ3) is 3.80. The van der Waals surface area contributed by atoms with Crippen LogP contribution in [0.15, 0.2) is 17.2 Å². The maximum absolute atomic E-state index is 12.0. The molecule has 0 aliphatic heterocycles. The number of aliphatic hydroxyl groups excluding tert-OH is 1. The Balaban J connectivity index is 2.86. The molecule has 1 aromatic heterocycles. The van der Waals surface area contributed by atoms with E-state index < -0.39 is 19.9 Å². The largest absolute Gasteiger partial charge is 0.390 e. The fourth-order valence-corrected chi connectivity index (χ4v) is 3.17. The molecular formula is C9H16N2O5S2. The van der Waals surface area contributed by atoms with E-state index in [0.29, 0.717) is 5.69 Å². The lowest BCUT2D eigenvalue weighted by molar-refractivity contribution is 0.277. The first-order valence-electron chi connectivity index (χ1n) is 5.09. The highest BCUT2D eigenvalue weighted by Gasteiger charge is 2.22. The van der Waals surface area contributed by atoms with Gasteiger partial charge in [-0.2, -0.15) is 4.31 Å². The van der Waals surface area contributed by atoms with Crippen molar-refractivity contribution in [3.05, 3.63) is 18.0 Å². The lowest BCUT2D eigenvalue weighted by atomic mass is 10.5. The second kappa shape index (κ2) is 5.39. The average molecular weight is 296 g/mol. The standard InChI is InChI=1S/C9H16N2O5S2/c1-11(3-4-17(2,13)14)18(15,16)9-5-8(7-12)10-6-9/h5-6,10,12H,3-4,7H2,1-2H3. The summed E-state index contributed by atoms with van der Waals surface area (Å²) in [6.07, 6.45) is 2.31. The van der Waals surface area contributed by atoms with Gasteiger partial charge in [-0.3, -0.25) is 0 Å². The summed E-state index contributed by atoms with van der Waals surface area (Å²) in [7, 11) is -5.63. The van der Waals surface area contributed by atoms with E-state index in [2.05, 4.69) is 4.98 Å². The van der Waals surface area contributed by atoms with E-state index >= 15 is 0 Å². The first-order chi connectivity index (χ1) is 8.16. The molecule has 0 radical (unpaired) electrons. The molecule has 0 saturated heterocycles. The van der Waals surface area contributed by atoms with Crippen LogP contribution in [0.5, 0.6) is 0 Å². The number of nitrogens with zero attached hydrogens (tertiary/aromatic N) is 1. The number of hydrogen-bond donors (Lipinski definition) is 2. The van der Waals surface area contributed by atoms with Crippen molar-refractivity contribution in [2.45, 2.75) is 11.5 Å². The highest BCUT2D eigenvalue weighted by atomic mass is 32.2. The molecule has 0 aliphatic carbocycles. The summed E-state index contributed by atoms with van der Waals surface area (Å²) >= 11 is 0. The monoisotopic (exact) mass is 296 g/mol. The lowest BCUT2D eigenvalue weighted by Crippen LogP contribution is -2.31. The Morgan fingerprint density at radius 2 is 1.94 bits per heavy atom. The van der Waals surface area contributed by atoms with E-state index in [4.69, 9.17) is 5.11 Å². The molecule has 2 N–H and O–H groups in total. The predicted molar refractivity (Wildman–Crippen MR) is 66.2 cm³/mol. The van der Waals surface area contributed by atoms with Gasteiger partial charge in [-0.05, 0) is 6.07 Å². The van der Waals surface area contributed by atoms with Crippen LogP contribution in [0.1, 0.15) is 5.69 Å². The molecular weight excluding hydrogens is 280 g/mol. The maximum Gasteiger partial charge on any atom is 0.244 e. The number of H-pyrrole nitrogens is 1. The number of hydrogen-bond acceptors (Lipinski definition) is 5. The number of aliphatic hydroxyl groups is 1. The van der Waals surface area contributed by atoms with Crippen LogP contribution < -0.4 is 0 Å². The van der Waals surface area contributed by atoms with Crippen LogP contribution in [0.25, 0.3) is 0 Å². The predicted octanol–water partition coefficient (Wildman–Crippen LogP) is -0.828. The molecule has 104 valence electrons. The van der Waals surface area contributed by atoms with Gasteiger partial charge in [-0.15, -0.1) is 0 Å². The number of sulfone groups is 1. The molecule has 1 rings (SSSR count). The molecule has 1 aromatic rings. The van der Waals surface area contributed by atoms with Gasteiger partial charge in [-0.1, -0.05) is 0 Å². The fourth-order valence-electron chi connectivity index (χ4n) is 1.25. The molecule has 0 aromatic carbocycles. The Kier molecular flexibility index (Phi) is 4.54. The van der Waals surface area contributed by atoms with Crippen LogP contribution in [0.3, 0.4) is 0 Å². The highest BCUT2D eigenvalue weighted by molar-refractivity contribution is 7.91. The van der Waals surface area contributed by atoms with Gasteiger partial charge in [0, 0.05) is 31.7 Å². The minimum Gasteiger partial charge on any atom is -0.390 e. The highest BCUT2D eigenvalue weighted by Crippen LogP contribution is 2.15. The maximum atomic E-state index is 12.0. The molecule has 0 fully saturated rings. The van der Waals surface area contributed by atoms with E-state index in [1.54, 1.807) is 0 Å². The molecule has 0 unspecified atom stereocenters. The fraction of sp³-hybridized carbons (Fsp3) is 0.556. The molecule has 1 heterocycles. The summed E-state index contributed by atoms with van der Waals surface area (Å²) < 4.78 is 47.0. The van der Waals surface area contributed by atoms with E-state index in [-0.39, 0.29) is 23.8 Å². The molecule has 0 saturated carbocycles. The quantitative estimate of drug-likeness (QED) is 0.712. The SMILES string of the molecule is CN(CCS(C)(=O)=O)S(=O)(=O)c1c[nH]c(CO)c1. The van der Waals surface area contributed by atoms with Crippen molar-refractivity contribution in [1.29, 1.82) is 0 Å². The van der Waals surface area contributed by atoms with Crippen LogP contribution in [0.2, 0.25) is 0 Å². The zero-order valence-electron chi connectivity index (χ0n) is 10.1. The molecule has 0 aliphatic rings. The number of nitrogens with one attached hydrogen (secondary N) is 1. The first kappa shape index (κ1) is 15.2. The first-order valence-corrected chi connectivity index (χ1v) is 8.59. The van der Waals surface area contributed by atoms with Gasteiger partial charge >= 0.3 is 0 Å². The van der Waals surface area contributed by atoms with Gasteiger partial charge in [-0.25, -0.2) is 16.8 Å². The van der Waals surface area contributed by atoms with Gasteiger partial charge in [0.05, 0.1) is 17.3 Å². The summed E-state index contributed by atoms with van der Waals surface area (Å²) in [5.74, 6) is -0.236. The summed E-state index contributed by atoms with van der Waals surface area (Å²) in [5, 5.41) is 8.85. The van der Waals surface area contributed by atoms with E-state index in [1.807, 2.05) is 0 Å². The molecule has 9 heteroatoms. The molecule has 0 atom stereocenters. The second-order valence-corrected chi connectivity index (χ2v) is 8.28. The van der Waals surface area contributed by atoms with Gasteiger partial charge in [0.2, 0.25) is 10.0 Å². The molecule has 18 heavy (non-hydrogen) atoms. The Hall–Kier alpha value is -0.900. The second-order valence-electron chi connectivity index (χ2n) is 3.98.